The molecule has 0 saturated heterocycles. The normalized spacial score (nSPS) is 31.3. The largest absolute Gasteiger partial charge is 0.389 e. The summed E-state index contributed by atoms with van der Waals surface area (Å²) in [6.07, 6.45) is 0. The van der Waals surface area contributed by atoms with Crippen LogP contribution in [-0.4, -0.2) is 128 Å². The van der Waals surface area contributed by atoms with Crippen LogP contribution in [0.4, 0.5) is 0 Å². The van der Waals surface area contributed by atoms with Crippen LogP contribution in [0.1, 0.15) is 0 Å². The smallest absolute Gasteiger partial charge is 0.136 e. The van der Waals surface area contributed by atoms with Crippen molar-refractivity contribution in [1.29, 1.82) is 0 Å². The maximum Gasteiger partial charge on any atom is 0.136 e. The van der Waals surface area contributed by atoms with E-state index < -0.39 is 5.60 Å². The Balaban J connectivity index is 4.18. The van der Waals surface area contributed by atoms with Crippen LogP contribution in [0, 0.1) is 0 Å². The second kappa shape index (κ2) is 6.46. The van der Waals surface area contributed by atoms with Gasteiger partial charge in [-0.15, -0.1) is 16.4 Å². The Labute approximate surface area is 176 Å². The minimum atomic E-state index is -0.863. The van der Waals surface area contributed by atoms with Gasteiger partial charge in [-0.3, -0.25) is 0 Å². The SMILES string of the molecule is BC(B)=C(C(B)(B)B)C1(B)C(B)=C(B)C(O)(C(B)(B)B)C(B)(B)C1(B)B. The minimum Gasteiger partial charge on any atom is -0.389 e. The van der Waals surface area contributed by atoms with Crippen LogP contribution in [0.15, 0.2) is 21.9 Å². The van der Waals surface area contributed by atoms with E-state index in [9.17, 15) is 5.11 Å². The lowest BCUT2D eigenvalue weighted by atomic mass is 9.08. The van der Waals surface area contributed by atoms with Crippen LogP contribution in [0.5, 0.6) is 0 Å². The van der Waals surface area contributed by atoms with Gasteiger partial charge in [0, 0.05) is 0 Å². The Morgan fingerprint density at radius 2 is 1.12 bits per heavy atom. The maximum absolute atomic E-state index is 12.2. The average Bonchev–Trinajstić information content (AvgIpc) is 2.39. The third-order valence-corrected chi connectivity index (χ3v) is 8.41. The molecule has 0 bridgehead atoms. The van der Waals surface area contributed by atoms with E-state index in [0.717, 1.165) is 5.47 Å². The highest BCUT2D eigenvalue weighted by atomic mass is 16.3. The number of hydrogen-bond acceptors (Lipinski definition) is 1. The monoisotopic (exact) mass is 332 g/mol. The summed E-state index contributed by atoms with van der Waals surface area (Å²) in [5, 5.41) is 12.9. The number of allylic oxidation sites excluding steroid dienone is 2. The quantitative estimate of drug-likeness (QED) is 0.510. The van der Waals surface area contributed by atoms with E-state index in [4.69, 9.17) is 0 Å². The Hall–Kier alpha value is 0.414. The van der Waals surface area contributed by atoms with Crippen molar-refractivity contribution in [3.63, 3.8) is 0 Å². The summed E-state index contributed by atoms with van der Waals surface area (Å²) >= 11 is 0. The standard InChI is InChI=1S/C10H31B15O/c11-2-3(12)6(26,10(23,24)25)9(21,22)8(19,20)5(2,15)1(4(13)14)7(16,17)18/h26H,11-25H2. The fourth-order valence-electron chi connectivity index (χ4n) is 6.66. The molecule has 0 spiro atoms. The molecule has 0 amide bonds. The summed E-state index contributed by atoms with van der Waals surface area (Å²) in [6, 6.07) is 0. The highest BCUT2D eigenvalue weighted by Gasteiger charge is 2.66. The van der Waals surface area contributed by atoms with Crippen molar-refractivity contribution < 1.29 is 5.11 Å². The fourth-order valence-corrected chi connectivity index (χ4v) is 6.66. The molecule has 1 aliphatic carbocycles. The number of hydrogen-bond donors (Lipinski definition) is 1. The number of aliphatic hydroxyl groups is 1. The first-order valence-corrected chi connectivity index (χ1v) is 10.2. The van der Waals surface area contributed by atoms with Crippen LogP contribution in [-0.2, 0) is 0 Å². The molecule has 16 heteroatoms. The third-order valence-electron chi connectivity index (χ3n) is 8.41. The molecule has 0 fully saturated rings. The fraction of sp³-hybridized carbons (Fsp3) is 0.600. The molecule has 26 heavy (non-hydrogen) atoms. The molecule has 2 atom stereocenters. The molecule has 0 aliphatic heterocycles. The summed E-state index contributed by atoms with van der Waals surface area (Å²) in [5.74, 6) is 0. The van der Waals surface area contributed by atoms with Crippen molar-refractivity contribution in [1.82, 2.24) is 0 Å². The van der Waals surface area contributed by atoms with E-state index in [1.54, 1.807) is 0 Å². The summed E-state index contributed by atoms with van der Waals surface area (Å²) in [4.78, 5) is 0. The second-order valence-electron chi connectivity index (χ2n) is 12.2. The summed E-state index contributed by atoms with van der Waals surface area (Å²) < 4.78 is 0. The molecule has 2 unspecified atom stereocenters. The van der Waals surface area contributed by atoms with Crippen molar-refractivity contribution in [2.75, 3.05) is 0 Å². The van der Waals surface area contributed by atoms with Crippen LogP contribution >= 0.6 is 0 Å². The lowest BCUT2D eigenvalue weighted by Gasteiger charge is -2.71. The molecule has 0 heterocycles. The van der Waals surface area contributed by atoms with Crippen molar-refractivity contribution in [3.05, 3.63) is 21.9 Å². The van der Waals surface area contributed by atoms with Gasteiger partial charge in [0.15, 0.2) is 0 Å². The lowest BCUT2D eigenvalue weighted by Crippen LogP contribution is -2.66. The Bertz CT molecular complexity index is 663. The average molecular weight is 330 g/mol. The van der Waals surface area contributed by atoms with Gasteiger partial charge in [-0.1, -0.05) is 26.1 Å². The van der Waals surface area contributed by atoms with Gasteiger partial charge in [-0.05, 0) is 5.31 Å². The topological polar surface area (TPSA) is 20.2 Å². The first kappa shape index (κ1) is 24.5. The molecule has 0 aromatic heterocycles. The zero-order chi connectivity index (χ0) is 21.3. The van der Waals surface area contributed by atoms with E-state index >= 15 is 0 Å². The van der Waals surface area contributed by atoms with Gasteiger partial charge in [0.1, 0.15) is 54.9 Å². The van der Waals surface area contributed by atoms with Crippen molar-refractivity contribution >= 4 is 118 Å². The first-order chi connectivity index (χ1) is 11.1. The van der Waals surface area contributed by atoms with Gasteiger partial charge < -0.3 is 5.11 Å². The molecule has 1 aliphatic rings. The Morgan fingerprint density at radius 3 is 1.38 bits per heavy atom. The molecule has 0 aromatic carbocycles. The third kappa shape index (κ3) is 2.86. The highest BCUT2D eigenvalue weighted by molar-refractivity contribution is 6.68. The zero-order valence-electron chi connectivity index (χ0n) is 20.4. The molecule has 0 aromatic rings. The van der Waals surface area contributed by atoms with Gasteiger partial charge in [-0.25, -0.2) is 0 Å². The maximum atomic E-state index is 12.2. The molecule has 0 saturated carbocycles. The predicted octanol–water partition coefficient (Wildman–Crippen LogP) is -12.8. The van der Waals surface area contributed by atoms with Gasteiger partial charge in [0.05, 0.1) is 68.4 Å². The van der Waals surface area contributed by atoms with Crippen LogP contribution in [0.25, 0.3) is 0 Å². The molecule has 0 radical (unpaired) electrons. The van der Waals surface area contributed by atoms with Crippen LogP contribution in [0.3, 0.4) is 0 Å². The first-order valence-electron chi connectivity index (χ1n) is 10.2. The molecule has 122 valence electrons. The van der Waals surface area contributed by atoms with Crippen LogP contribution in [0.2, 0.25) is 26.0 Å². The molecular weight excluding hydrogens is 298 g/mol. The summed E-state index contributed by atoms with van der Waals surface area (Å²) in [6.45, 7) is 0. The van der Waals surface area contributed by atoms with Crippen molar-refractivity contribution in [2.24, 2.45) is 0 Å². The van der Waals surface area contributed by atoms with Gasteiger partial charge in [0.25, 0.3) is 0 Å². The summed E-state index contributed by atoms with van der Waals surface area (Å²) in [5.41, 5.74) is 3.14. The van der Waals surface area contributed by atoms with E-state index in [-0.39, 0.29) is 26.0 Å². The molecular formula is C10H31B15O. The molecule has 1 rings (SSSR count). The highest BCUT2D eigenvalue weighted by Crippen LogP contribution is 2.76. The van der Waals surface area contributed by atoms with E-state index in [2.05, 4.69) is 118 Å². The Kier molecular flexibility index (Phi) is 6.08. The predicted molar refractivity (Wildman–Crippen MR) is 161 cm³/mol. The van der Waals surface area contributed by atoms with Gasteiger partial charge in [-0.2, -0.15) is 0 Å². The molecule has 1 nitrogen and oxygen atoms in total. The van der Waals surface area contributed by atoms with Crippen molar-refractivity contribution in [2.45, 2.75) is 31.6 Å². The Morgan fingerprint density at radius 1 is 0.731 bits per heavy atom. The van der Waals surface area contributed by atoms with Gasteiger partial charge >= 0.3 is 0 Å². The van der Waals surface area contributed by atoms with Crippen LogP contribution < -0.4 is 0 Å². The van der Waals surface area contributed by atoms with E-state index in [0.29, 0.717) is 0 Å². The lowest BCUT2D eigenvalue weighted by molar-refractivity contribution is 0.0471. The minimum absolute atomic E-state index is 0.0691. The molecule has 1 N–H and O–H groups in total. The van der Waals surface area contributed by atoms with E-state index in [1.165, 1.54) is 16.4 Å². The summed E-state index contributed by atoms with van der Waals surface area (Å²) in [7, 11) is 34.2. The number of rotatable bonds is 3. The zero-order valence-corrected chi connectivity index (χ0v) is 20.4. The second-order valence-corrected chi connectivity index (χ2v) is 12.2. The van der Waals surface area contributed by atoms with Gasteiger partial charge in [0.2, 0.25) is 0 Å². The van der Waals surface area contributed by atoms with E-state index in [1.807, 2.05) is 0 Å². The van der Waals surface area contributed by atoms with Crippen molar-refractivity contribution in [3.8, 4) is 0 Å².